The van der Waals surface area contributed by atoms with Crippen molar-refractivity contribution in [3.63, 3.8) is 0 Å². The summed E-state index contributed by atoms with van der Waals surface area (Å²) in [6.07, 6.45) is 3.24. The van der Waals surface area contributed by atoms with Gasteiger partial charge in [0, 0.05) is 29.3 Å². The van der Waals surface area contributed by atoms with Crippen molar-refractivity contribution in [1.29, 1.82) is 0 Å². The Morgan fingerprint density at radius 3 is 3.03 bits per heavy atom. The first-order valence-electron chi connectivity index (χ1n) is 9.93. The minimum absolute atomic E-state index is 0.0210. The molecule has 0 bridgehead atoms. The molecule has 3 atom stereocenters. The van der Waals surface area contributed by atoms with Crippen LogP contribution in [0, 0.1) is 5.82 Å². The van der Waals surface area contributed by atoms with Crippen LogP contribution in [0.25, 0.3) is 5.57 Å². The zero-order valence-corrected chi connectivity index (χ0v) is 18.3. The number of piperazine rings is 1. The summed E-state index contributed by atoms with van der Waals surface area (Å²) in [4.78, 5) is 21.2. The number of halogens is 2. The minimum atomic E-state index is -1.41. The third-order valence-corrected chi connectivity index (χ3v) is 7.10. The van der Waals surface area contributed by atoms with Crippen LogP contribution in [0.15, 0.2) is 54.7 Å². The van der Waals surface area contributed by atoms with Crippen LogP contribution in [0.2, 0.25) is 5.02 Å². The number of amides is 1. The quantitative estimate of drug-likeness (QED) is 0.661. The highest BCUT2D eigenvalue weighted by molar-refractivity contribution is 7.12. The molecule has 3 aliphatic rings. The third-order valence-electron chi connectivity index (χ3n) is 5.76. The smallest absolute Gasteiger partial charge is 0.276 e. The SMILES string of the molecule is C=C[C@@H]1COC2CN3C=C(c4ncc(Cc5cccc(Cl)c5F)s4)C(O)C(O)=C3C(=O)N21. The van der Waals surface area contributed by atoms with E-state index >= 15 is 0 Å². The standard InChI is InChI=1S/C22H19ClFN3O4S/c1-2-12-10-31-16-9-26-8-14(19(28)20(29)18(26)22(30)27(12)16)21-25-7-13(32-21)6-11-4-3-5-15(23)17(11)24/h2-5,7-8,12,16,19,28-29H,1,6,9-10H2/t12-,16?,19?/m1/s1. The lowest BCUT2D eigenvalue weighted by atomic mass is 10.0. The molecule has 0 spiro atoms. The van der Waals surface area contributed by atoms with E-state index in [9.17, 15) is 19.4 Å². The number of carbonyl (C=O) groups is 1. The molecule has 1 aromatic heterocycles. The number of ether oxygens (including phenoxy) is 1. The Morgan fingerprint density at radius 2 is 2.25 bits per heavy atom. The first-order chi connectivity index (χ1) is 15.4. The number of carbonyl (C=O) groups excluding carboxylic acids is 1. The first kappa shape index (κ1) is 21.1. The average Bonchev–Trinajstić information content (AvgIpc) is 3.41. The Hall–Kier alpha value is -2.72. The molecule has 10 heteroatoms. The number of aromatic nitrogens is 1. The van der Waals surface area contributed by atoms with E-state index in [2.05, 4.69) is 11.6 Å². The van der Waals surface area contributed by atoms with Crippen LogP contribution in [-0.4, -0.2) is 62.4 Å². The van der Waals surface area contributed by atoms with Gasteiger partial charge in [0.05, 0.1) is 24.2 Å². The molecule has 7 nitrogen and oxygen atoms in total. The van der Waals surface area contributed by atoms with Crippen molar-refractivity contribution in [3.8, 4) is 0 Å². The summed E-state index contributed by atoms with van der Waals surface area (Å²) in [5.41, 5.74) is 0.814. The number of fused-ring (bicyclic) bond motifs is 2. The zero-order chi connectivity index (χ0) is 22.6. The van der Waals surface area contributed by atoms with Gasteiger partial charge in [0.1, 0.15) is 22.6 Å². The molecule has 166 valence electrons. The molecule has 3 aliphatic heterocycles. The number of rotatable bonds is 4. The van der Waals surface area contributed by atoms with E-state index in [1.807, 2.05) is 0 Å². The lowest BCUT2D eigenvalue weighted by Crippen LogP contribution is -2.55. The summed E-state index contributed by atoms with van der Waals surface area (Å²) in [5, 5.41) is 22.0. The summed E-state index contributed by atoms with van der Waals surface area (Å²) in [6.45, 7) is 4.37. The van der Waals surface area contributed by atoms with Gasteiger partial charge in [-0.05, 0) is 11.6 Å². The van der Waals surface area contributed by atoms with Crippen molar-refractivity contribution in [2.45, 2.75) is 24.8 Å². The van der Waals surface area contributed by atoms with Gasteiger partial charge in [-0.2, -0.15) is 0 Å². The Labute approximate surface area is 192 Å². The highest BCUT2D eigenvalue weighted by Crippen LogP contribution is 2.38. The van der Waals surface area contributed by atoms with Crippen molar-refractivity contribution >= 4 is 34.4 Å². The van der Waals surface area contributed by atoms with E-state index < -0.39 is 29.8 Å². The molecule has 0 aliphatic carbocycles. The highest BCUT2D eigenvalue weighted by Gasteiger charge is 2.47. The third kappa shape index (κ3) is 3.32. The van der Waals surface area contributed by atoms with Crippen molar-refractivity contribution in [2.75, 3.05) is 13.2 Å². The number of benzene rings is 1. The molecule has 2 aromatic rings. The number of hydrogen-bond donors (Lipinski definition) is 2. The first-order valence-corrected chi connectivity index (χ1v) is 11.1. The molecule has 2 saturated heterocycles. The van der Waals surface area contributed by atoms with Gasteiger partial charge in [-0.1, -0.05) is 29.8 Å². The topological polar surface area (TPSA) is 86.1 Å². The average molecular weight is 476 g/mol. The van der Waals surface area contributed by atoms with E-state index in [-0.39, 0.29) is 23.2 Å². The summed E-state index contributed by atoms with van der Waals surface area (Å²) in [7, 11) is 0. The molecule has 1 aromatic carbocycles. The maximum atomic E-state index is 14.2. The van der Waals surface area contributed by atoms with Gasteiger partial charge in [0.2, 0.25) is 0 Å². The van der Waals surface area contributed by atoms with Gasteiger partial charge >= 0.3 is 0 Å². The van der Waals surface area contributed by atoms with Gasteiger partial charge in [0.15, 0.2) is 12.0 Å². The van der Waals surface area contributed by atoms with E-state index in [0.29, 0.717) is 29.3 Å². The van der Waals surface area contributed by atoms with Crippen molar-refractivity contribution < 1.29 is 24.1 Å². The molecule has 4 heterocycles. The minimum Gasteiger partial charge on any atom is -0.507 e. The summed E-state index contributed by atoms with van der Waals surface area (Å²) in [6, 6.07) is 4.53. The Bertz CT molecular complexity index is 1180. The fraction of sp³-hybridized carbons (Fsp3) is 0.273. The molecule has 32 heavy (non-hydrogen) atoms. The van der Waals surface area contributed by atoms with Crippen LogP contribution in [0.5, 0.6) is 0 Å². The van der Waals surface area contributed by atoms with E-state index in [1.54, 1.807) is 35.5 Å². The predicted octanol–water partition coefficient (Wildman–Crippen LogP) is 3.07. The van der Waals surface area contributed by atoms with Crippen LogP contribution in [0.3, 0.4) is 0 Å². The summed E-state index contributed by atoms with van der Waals surface area (Å²) in [5.74, 6) is -1.33. The Kier molecular flexibility index (Phi) is 5.29. The predicted molar refractivity (Wildman–Crippen MR) is 117 cm³/mol. The number of aliphatic hydroxyl groups excluding tert-OH is 2. The Morgan fingerprint density at radius 1 is 1.44 bits per heavy atom. The van der Waals surface area contributed by atoms with Crippen LogP contribution < -0.4 is 0 Å². The second-order valence-electron chi connectivity index (χ2n) is 7.70. The molecule has 1 amide bonds. The van der Waals surface area contributed by atoms with E-state index in [4.69, 9.17) is 16.3 Å². The van der Waals surface area contributed by atoms with Gasteiger partial charge in [-0.25, -0.2) is 9.37 Å². The second-order valence-corrected chi connectivity index (χ2v) is 9.22. The molecule has 5 rings (SSSR count). The zero-order valence-electron chi connectivity index (χ0n) is 16.7. The lowest BCUT2D eigenvalue weighted by molar-refractivity contribution is -0.140. The highest BCUT2D eigenvalue weighted by atomic mass is 35.5. The van der Waals surface area contributed by atoms with Gasteiger partial charge in [0.25, 0.3) is 5.91 Å². The second kappa shape index (κ2) is 8.00. The number of hydrogen-bond acceptors (Lipinski definition) is 7. The fourth-order valence-electron chi connectivity index (χ4n) is 4.15. The molecule has 2 unspecified atom stereocenters. The normalized spacial score (nSPS) is 25.0. The van der Waals surface area contributed by atoms with Crippen molar-refractivity contribution in [1.82, 2.24) is 14.8 Å². The van der Waals surface area contributed by atoms with Crippen LogP contribution >= 0.6 is 22.9 Å². The van der Waals surface area contributed by atoms with Crippen molar-refractivity contribution in [3.05, 3.63) is 81.0 Å². The molecule has 2 fully saturated rings. The molecule has 2 N–H and O–H groups in total. The summed E-state index contributed by atoms with van der Waals surface area (Å²) >= 11 is 7.13. The molecule has 0 radical (unpaired) electrons. The number of thiazole rings is 1. The van der Waals surface area contributed by atoms with Crippen LogP contribution in [0.4, 0.5) is 4.39 Å². The van der Waals surface area contributed by atoms with E-state index in [1.165, 1.54) is 22.3 Å². The van der Waals surface area contributed by atoms with Crippen LogP contribution in [0.1, 0.15) is 15.4 Å². The van der Waals surface area contributed by atoms with Crippen molar-refractivity contribution in [2.24, 2.45) is 0 Å². The maximum Gasteiger partial charge on any atom is 0.276 e. The molecule has 0 saturated carbocycles. The number of nitrogens with zero attached hydrogens (tertiary/aromatic N) is 3. The number of aliphatic hydroxyl groups is 2. The summed E-state index contributed by atoms with van der Waals surface area (Å²) < 4.78 is 20.0. The van der Waals surface area contributed by atoms with Gasteiger partial charge < -0.3 is 24.7 Å². The van der Waals surface area contributed by atoms with Gasteiger partial charge in [-0.15, -0.1) is 17.9 Å². The largest absolute Gasteiger partial charge is 0.507 e. The Balaban J connectivity index is 1.43. The van der Waals surface area contributed by atoms with Crippen LogP contribution in [-0.2, 0) is 16.0 Å². The fourth-order valence-corrected chi connectivity index (χ4v) is 5.31. The monoisotopic (exact) mass is 475 g/mol. The molecular weight excluding hydrogens is 457 g/mol. The van der Waals surface area contributed by atoms with E-state index in [0.717, 1.165) is 4.88 Å². The van der Waals surface area contributed by atoms with Gasteiger partial charge in [-0.3, -0.25) is 4.79 Å². The maximum absolute atomic E-state index is 14.2. The lowest BCUT2D eigenvalue weighted by Gasteiger charge is -2.41. The molecular formula is C22H19ClFN3O4S.